The fourth-order valence-corrected chi connectivity index (χ4v) is 2.83. The number of cyclic esters (lactones) is 1. The van der Waals surface area contributed by atoms with E-state index in [-0.39, 0.29) is 30.1 Å². The highest BCUT2D eigenvalue weighted by atomic mass is 19.1. The summed E-state index contributed by atoms with van der Waals surface area (Å²) in [6.07, 6.45) is 1.39. The van der Waals surface area contributed by atoms with Crippen LogP contribution in [0, 0.1) is 5.82 Å². The normalized spacial score (nSPS) is 16.0. The second-order valence-electron chi connectivity index (χ2n) is 6.54. The van der Waals surface area contributed by atoms with Crippen molar-refractivity contribution in [2.24, 2.45) is 5.73 Å². The summed E-state index contributed by atoms with van der Waals surface area (Å²) < 4.78 is 18.8. The Kier molecular flexibility index (Phi) is 5.86. The Morgan fingerprint density at radius 2 is 2.07 bits per heavy atom. The third kappa shape index (κ3) is 4.66. The molecule has 0 spiro atoms. The van der Waals surface area contributed by atoms with Crippen molar-refractivity contribution in [3.63, 3.8) is 0 Å². The molecule has 2 aromatic carbocycles. The van der Waals surface area contributed by atoms with E-state index in [1.165, 1.54) is 47.4 Å². The molecule has 3 amide bonds. The van der Waals surface area contributed by atoms with Crippen LogP contribution in [-0.2, 0) is 9.53 Å². The van der Waals surface area contributed by atoms with Crippen molar-refractivity contribution < 1.29 is 28.6 Å². The molecule has 0 aliphatic carbocycles. The number of amides is 3. The number of halogens is 1. The lowest BCUT2D eigenvalue weighted by molar-refractivity contribution is -0.116. The summed E-state index contributed by atoms with van der Waals surface area (Å²) >= 11 is 0. The number of nitrogens with one attached hydrogen (secondary N) is 1. The van der Waals surface area contributed by atoms with Gasteiger partial charge in [-0.15, -0.1) is 0 Å². The van der Waals surface area contributed by atoms with Gasteiger partial charge in [-0.2, -0.15) is 0 Å². The number of aromatic hydroxyl groups is 1. The third-order valence-electron chi connectivity index (χ3n) is 4.39. The first-order valence-electron chi connectivity index (χ1n) is 8.86. The lowest BCUT2D eigenvalue weighted by Crippen LogP contribution is -2.33. The number of carbonyl (C=O) groups is 3. The number of primary amides is 1. The van der Waals surface area contributed by atoms with Crippen LogP contribution in [0.25, 0.3) is 6.08 Å². The van der Waals surface area contributed by atoms with Crippen molar-refractivity contribution in [2.75, 3.05) is 23.7 Å². The fourth-order valence-electron chi connectivity index (χ4n) is 2.83. The van der Waals surface area contributed by atoms with E-state index in [0.717, 1.165) is 6.07 Å². The molecule has 1 atom stereocenters. The molecule has 156 valence electrons. The van der Waals surface area contributed by atoms with Gasteiger partial charge in [0.15, 0.2) is 0 Å². The number of phenols is 1. The molecular formula is C20H19FN4O5. The summed E-state index contributed by atoms with van der Waals surface area (Å²) in [6.45, 7) is 0.184. The largest absolute Gasteiger partial charge is 0.507 e. The van der Waals surface area contributed by atoms with Gasteiger partial charge in [-0.05, 0) is 42.0 Å². The number of benzene rings is 2. The Bertz CT molecular complexity index is 1040. The van der Waals surface area contributed by atoms with Crippen LogP contribution in [0.2, 0.25) is 0 Å². The number of nitrogens with zero attached hydrogens (tertiary/aromatic N) is 1. The van der Waals surface area contributed by atoms with Crippen molar-refractivity contribution in [1.82, 2.24) is 5.32 Å². The minimum absolute atomic E-state index is 0.0230. The van der Waals surface area contributed by atoms with E-state index in [0.29, 0.717) is 11.3 Å². The van der Waals surface area contributed by atoms with Crippen LogP contribution in [0.1, 0.15) is 15.9 Å². The number of ether oxygens (including phenoxy) is 1. The highest BCUT2D eigenvalue weighted by Gasteiger charge is 2.32. The standard InChI is InChI=1S/C20H19FN4O5/c21-15-8-12(3-5-16(15)22)25-10-13(30-20(25)29)9-24-18(27)6-2-11-1-4-14(19(23)28)17(26)7-11/h1-8,13,26H,9-10,22H2,(H2,23,28)(H,24,27). The maximum Gasteiger partial charge on any atom is 0.414 e. The van der Waals surface area contributed by atoms with E-state index < -0.39 is 29.8 Å². The van der Waals surface area contributed by atoms with E-state index in [9.17, 15) is 23.9 Å². The molecule has 6 N–H and O–H groups in total. The molecule has 1 unspecified atom stereocenters. The number of rotatable bonds is 6. The first kappa shape index (κ1) is 20.6. The van der Waals surface area contributed by atoms with E-state index >= 15 is 0 Å². The average Bonchev–Trinajstić information content (AvgIpc) is 3.07. The molecule has 1 fully saturated rings. The number of anilines is 2. The van der Waals surface area contributed by atoms with Crippen molar-refractivity contribution in [3.05, 3.63) is 59.4 Å². The summed E-state index contributed by atoms with van der Waals surface area (Å²) in [5, 5.41) is 12.3. The average molecular weight is 414 g/mol. The van der Waals surface area contributed by atoms with E-state index in [2.05, 4.69) is 5.32 Å². The molecule has 1 heterocycles. The quantitative estimate of drug-likeness (QED) is 0.414. The second kappa shape index (κ2) is 8.52. The van der Waals surface area contributed by atoms with Gasteiger partial charge in [-0.3, -0.25) is 14.5 Å². The van der Waals surface area contributed by atoms with Gasteiger partial charge in [0.2, 0.25) is 5.91 Å². The molecule has 1 aliphatic heterocycles. The van der Waals surface area contributed by atoms with Crippen molar-refractivity contribution in [3.8, 4) is 5.75 Å². The Hall–Kier alpha value is -4.08. The molecule has 0 saturated carbocycles. The number of nitrogens with two attached hydrogens (primary N) is 2. The Labute approximate surface area is 170 Å². The molecule has 30 heavy (non-hydrogen) atoms. The number of hydrogen-bond acceptors (Lipinski definition) is 6. The maximum atomic E-state index is 13.6. The topological polar surface area (TPSA) is 148 Å². The van der Waals surface area contributed by atoms with Gasteiger partial charge >= 0.3 is 6.09 Å². The van der Waals surface area contributed by atoms with Crippen LogP contribution < -0.4 is 21.7 Å². The molecule has 0 radical (unpaired) electrons. The molecule has 1 saturated heterocycles. The third-order valence-corrected chi connectivity index (χ3v) is 4.39. The summed E-state index contributed by atoms with van der Waals surface area (Å²) in [5.74, 6) is -2.15. The summed E-state index contributed by atoms with van der Waals surface area (Å²) in [5.41, 5.74) is 11.3. The minimum atomic E-state index is -0.761. The van der Waals surface area contributed by atoms with Crippen LogP contribution in [0.15, 0.2) is 42.5 Å². The van der Waals surface area contributed by atoms with Crippen molar-refractivity contribution >= 4 is 35.4 Å². The molecule has 0 aromatic heterocycles. The van der Waals surface area contributed by atoms with Crippen LogP contribution in [0.3, 0.4) is 0 Å². The molecule has 9 nitrogen and oxygen atoms in total. The molecule has 2 aromatic rings. The van der Waals surface area contributed by atoms with E-state index in [4.69, 9.17) is 16.2 Å². The monoisotopic (exact) mass is 414 g/mol. The smallest absolute Gasteiger partial charge is 0.414 e. The van der Waals surface area contributed by atoms with Crippen molar-refractivity contribution in [1.29, 1.82) is 0 Å². The zero-order valence-electron chi connectivity index (χ0n) is 15.7. The SMILES string of the molecule is NC(=O)c1ccc(C=CC(=O)NCC2CN(c3ccc(N)c(F)c3)C(=O)O2)cc1O. The summed E-state index contributed by atoms with van der Waals surface area (Å²) in [4.78, 5) is 36.4. The highest BCUT2D eigenvalue weighted by molar-refractivity contribution is 5.96. The zero-order valence-corrected chi connectivity index (χ0v) is 15.7. The van der Waals surface area contributed by atoms with Gasteiger partial charge in [-0.25, -0.2) is 9.18 Å². The van der Waals surface area contributed by atoms with E-state index in [1.54, 1.807) is 0 Å². The first-order valence-corrected chi connectivity index (χ1v) is 8.86. The van der Waals surface area contributed by atoms with Crippen LogP contribution in [-0.4, -0.2) is 42.2 Å². The predicted octanol–water partition coefficient (Wildman–Crippen LogP) is 1.37. The molecule has 0 bridgehead atoms. The molecule has 3 rings (SSSR count). The molecule has 10 heteroatoms. The lowest BCUT2D eigenvalue weighted by atomic mass is 10.1. The number of nitrogen functional groups attached to an aromatic ring is 1. The van der Waals surface area contributed by atoms with Gasteiger partial charge in [0.25, 0.3) is 5.91 Å². The second-order valence-corrected chi connectivity index (χ2v) is 6.54. The van der Waals surface area contributed by atoms with Gasteiger partial charge in [0.05, 0.1) is 30.0 Å². The van der Waals surface area contributed by atoms with Gasteiger partial charge < -0.3 is 26.6 Å². The Morgan fingerprint density at radius 1 is 1.30 bits per heavy atom. The Morgan fingerprint density at radius 3 is 2.73 bits per heavy atom. The van der Waals surface area contributed by atoms with Gasteiger partial charge in [0, 0.05) is 6.08 Å². The number of hydrogen-bond donors (Lipinski definition) is 4. The van der Waals surface area contributed by atoms with Crippen LogP contribution >= 0.6 is 0 Å². The van der Waals surface area contributed by atoms with Crippen LogP contribution in [0.4, 0.5) is 20.6 Å². The fraction of sp³-hybridized carbons (Fsp3) is 0.150. The maximum absolute atomic E-state index is 13.6. The lowest BCUT2D eigenvalue weighted by Gasteiger charge is -2.13. The van der Waals surface area contributed by atoms with E-state index in [1.807, 2.05) is 0 Å². The number of carbonyl (C=O) groups excluding carboxylic acids is 3. The zero-order chi connectivity index (χ0) is 21.8. The summed E-state index contributed by atoms with van der Waals surface area (Å²) in [7, 11) is 0. The van der Waals surface area contributed by atoms with Crippen molar-refractivity contribution in [2.45, 2.75) is 6.10 Å². The minimum Gasteiger partial charge on any atom is -0.507 e. The highest BCUT2D eigenvalue weighted by Crippen LogP contribution is 2.24. The van der Waals surface area contributed by atoms with Crippen LogP contribution in [0.5, 0.6) is 5.75 Å². The van der Waals surface area contributed by atoms with Gasteiger partial charge in [0.1, 0.15) is 17.7 Å². The predicted molar refractivity (Wildman–Crippen MR) is 107 cm³/mol. The first-order chi connectivity index (χ1) is 14.2. The Balaban J connectivity index is 1.54. The molecule has 1 aliphatic rings. The van der Waals surface area contributed by atoms with Gasteiger partial charge in [-0.1, -0.05) is 6.07 Å². The molecular weight excluding hydrogens is 395 g/mol. The summed E-state index contributed by atoms with van der Waals surface area (Å²) in [6, 6.07) is 8.16.